The fourth-order valence-electron chi connectivity index (χ4n) is 13.0. The molecule has 2 unspecified atom stereocenters. The lowest BCUT2D eigenvalue weighted by atomic mass is 10.0. The zero-order valence-corrected chi connectivity index (χ0v) is 69.6. The molecule has 0 bridgehead atoms. The number of esters is 4. The number of unbranched alkanes of at least 4 members (excludes halogenated alkanes) is 50. The molecule has 0 aromatic heterocycles. The van der Waals surface area contributed by atoms with Gasteiger partial charge in [-0.25, -0.2) is 9.13 Å². The van der Waals surface area contributed by atoms with E-state index in [1.54, 1.807) is 0 Å². The Morgan fingerprint density at radius 1 is 0.262 bits per heavy atom. The van der Waals surface area contributed by atoms with Crippen LogP contribution >= 0.6 is 15.6 Å². The summed E-state index contributed by atoms with van der Waals surface area (Å²) in [5.74, 6) is 0.274. The van der Waals surface area contributed by atoms with E-state index in [-0.39, 0.29) is 25.7 Å². The number of aliphatic hydroxyl groups is 1. The molecule has 17 nitrogen and oxygen atoms in total. The summed E-state index contributed by atoms with van der Waals surface area (Å²) in [7, 11) is -9.93. The second-order valence-electron chi connectivity index (χ2n) is 31.6. The van der Waals surface area contributed by atoms with Crippen LogP contribution < -0.4 is 0 Å². The van der Waals surface area contributed by atoms with Crippen molar-refractivity contribution in [2.24, 2.45) is 17.8 Å². The van der Waals surface area contributed by atoms with Crippen molar-refractivity contribution in [3.05, 3.63) is 0 Å². The number of carbonyl (C=O) groups excluding carboxylic acids is 4. The van der Waals surface area contributed by atoms with Crippen LogP contribution in [0.3, 0.4) is 0 Å². The van der Waals surface area contributed by atoms with Gasteiger partial charge in [-0.05, 0) is 43.4 Å². The number of rotatable bonds is 82. The minimum atomic E-state index is -4.96. The number of phosphoric acid groups is 2. The van der Waals surface area contributed by atoms with Crippen LogP contribution in [0.25, 0.3) is 0 Å². The largest absolute Gasteiger partial charge is 0.472 e. The van der Waals surface area contributed by atoms with E-state index in [9.17, 15) is 43.2 Å². The van der Waals surface area contributed by atoms with Gasteiger partial charge in [-0.15, -0.1) is 0 Å². The zero-order chi connectivity index (χ0) is 75.8. The highest BCUT2D eigenvalue weighted by atomic mass is 31.2. The first-order valence-electron chi connectivity index (χ1n) is 43.3. The number of ether oxygens (including phenoxy) is 4. The van der Waals surface area contributed by atoms with E-state index in [0.29, 0.717) is 25.7 Å². The van der Waals surface area contributed by atoms with Gasteiger partial charge < -0.3 is 33.8 Å². The van der Waals surface area contributed by atoms with Crippen LogP contribution in [0.5, 0.6) is 0 Å². The molecule has 0 saturated carbocycles. The molecule has 0 aliphatic heterocycles. The highest BCUT2D eigenvalue weighted by molar-refractivity contribution is 7.47. The van der Waals surface area contributed by atoms with Gasteiger partial charge in [-0.3, -0.25) is 37.3 Å². The molecule has 19 heteroatoms. The van der Waals surface area contributed by atoms with Crippen LogP contribution in [0.4, 0.5) is 0 Å². The van der Waals surface area contributed by atoms with E-state index in [0.717, 1.165) is 108 Å². The molecule has 0 aliphatic carbocycles. The predicted molar refractivity (Wildman–Crippen MR) is 423 cm³/mol. The fraction of sp³-hybridized carbons (Fsp3) is 0.952. The van der Waals surface area contributed by atoms with Crippen molar-refractivity contribution >= 4 is 39.5 Å². The van der Waals surface area contributed by atoms with Crippen LogP contribution in [-0.2, 0) is 65.4 Å². The molecule has 0 fully saturated rings. The van der Waals surface area contributed by atoms with Gasteiger partial charge in [-0.2, -0.15) is 0 Å². The first kappa shape index (κ1) is 101. The molecule has 0 amide bonds. The van der Waals surface area contributed by atoms with Crippen molar-refractivity contribution in [3.8, 4) is 0 Å². The summed E-state index contributed by atoms with van der Waals surface area (Å²) >= 11 is 0. The molecule has 0 heterocycles. The van der Waals surface area contributed by atoms with Gasteiger partial charge in [0, 0.05) is 25.7 Å². The molecule has 0 aromatic rings. The van der Waals surface area contributed by atoms with Gasteiger partial charge in [0.25, 0.3) is 0 Å². The van der Waals surface area contributed by atoms with Crippen molar-refractivity contribution in [2.45, 2.75) is 458 Å². The van der Waals surface area contributed by atoms with Crippen molar-refractivity contribution in [2.75, 3.05) is 39.6 Å². The summed E-state index contributed by atoms with van der Waals surface area (Å²) in [6.45, 7) is 12.0. The lowest BCUT2D eigenvalue weighted by molar-refractivity contribution is -0.161. The zero-order valence-electron chi connectivity index (χ0n) is 67.8. The molecule has 0 radical (unpaired) electrons. The van der Waals surface area contributed by atoms with Gasteiger partial charge in [0.15, 0.2) is 12.2 Å². The lowest BCUT2D eigenvalue weighted by Gasteiger charge is -2.21. The number of hydrogen-bond acceptors (Lipinski definition) is 15. The van der Waals surface area contributed by atoms with Crippen LogP contribution in [0.15, 0.2) is 0 Å². The molecule has 612 valence electrons. The van der Waals surface area contributed by atoms with Crippen LogP contribution in [0.1, 0.15) is 440 Å². The van der Waals surface area contributed by atoms with Crippen molar-refractivity contribution in [1.29, 1.82) is 0 Å². The summed E-state index contributed by atoms with van der Waals surface area (Å²) < 4.78 is 68.8. The summed E-state index contributed by atoms with van der Waals surface area (Å²) in [4.78, 5) is 73.2. The molecule has 0 saturated heterocycles. The maximum atomic E-state index is 13.1. The van der Waals surface area contributed by atoms with Gasteiger partial charge in [0.2, 0.25) is 0 Å². The maximum absolute atomic E-state index is 13.1. The number of hydrogen-bond donors (Lipinski definition) is 3. The summed E-state index contributed by atoms with van der Waals surface area (Å²) in [5, 5.41) is 10.7. The second kappa shape index (κ2) is 74.2. The third-order valence-electron chi connectivity index (χ3n) is 19.6. The van der Waals surface area contributed by atoms with E-state index in [1.807, 2.05) is 0 Å². The molecule has 0 aromatic carbocycles. The number of phosphoric ester groups is 2. The van der Waals surface area contributed by atoms with Gasteiger partial charge in [0.05, 0.1) is 26.4 Å². The molecule has 3 N–H and O–H groups in total. The van der Waals surface area contributed by atoms with Gasteiger partial charge in [0.1, 0.15) is 19.3 Å². The van der Waals surface area contributed by atoms with Gasteiger partial charge >= 0.3 is 39.5 Å². The van der Waals surface area contributed by atoms with Crippen LogP contribution in [0, 0.1) is 17.8 Å². The minimum Gasteiger partial charge on any atom is -0.462 e. The standard InChI is InChI=1S/C84H164O17P2/c1-8-9-10-11-12-13-14-30-37-44-51-58-65-81(86)94-71-79(101-84(89)68-61-54-47-40-33-26-24-29-36-43-50-57-64-77(6)7)73-98-102(90,91)96-69-78(85)70-97-103(92,93)99-74-80(72-95-82(87)66-59-52-45-38-31-25-23-28-35-42-49-56-63-76(4)5)100-83(88)67-60-53-46-39-32-22-20-18-16-15-17-19-21-27-34-41-48-55-62-75(2)3/h75-80,85H,8-74H2,1-7H3,(H,90,91)(H,92,93)/t78-,79+,80+/m0/s1. The monoisotopic (exact) mass is 1510 g/mol. The van der Waals surface area contributed by atoms with Crippen molar-refractivity contribution in [3.63, 3.8) is 0 Å². The smallest absolute Gasteiger partial charge is 0.462 e. The predicted octanol–water partition coefficient (Wildman–Crippen LogP) is 25.3. The normalized spacial score (nSPS) is 13.9. The van der Waals surface area contributed by atoms with E-state index in [2.05, 4.69) is 48.5 Å². The topological polar surface area (TPSA) is 237 Å². The first-order chi connectivity index (χ1) is 49.7. The van der Waals surface area contributed by atoms with Crippen LogP contribution in [0.2, 0.25) is 0 Å². The summed E-state index contributed by atoms with van der Waals surface area (Å²) in [6, 6.07) is 0. The SMILES string of the molecule is CCCCCCCCCCCCCCC(=O)OC[C@H](COP(=O)(O)OC[C@H](O)COP(=O)(O)OC[C@@H](COC(=O)CCCCCCCCCCCCCCC(C)C)OC(=O)CCCCCCCCCCCCCCCCCCCCC(C)C)OC(=O)CCCCCCCCCCCCCCC(C)C. The fourth-order valence-corrected chi connectivity index (χ4v) is 14.6. The van der Waals surface area contributed by atoms with E-state index in [4.69, 9.17) is 37.0 Å². The number of aliphatic hydroxyl groups excluding tert-OH is 1. The Bertz CT molecular complexity index is 1990. The third-order valence-corrected chi connectivity index (χ3v) is 21.5. The Kier molecular flexibility index (Phi) is 72.8. The molecule has 0 rings (SSSR count). The van der Waals surface area contributed by atoms with Crippen molar-refractivity contribution < 1.29 is 80.2 Å². The average molecular weight is 1510 g/mol. The van der Waals surface area contributed by atoms with Crippen molar-refractivity contribution in [1.82, 2.24) is 0 Å². The maximum Gasteiger partial charge on any atom is 0.472 e. The molecular weight excluding hydrogens is 1340 g/mol. The molecular formula is C84H164O17P2. The summed E-state index contributed by atoms with van der Waals surface area (Å²) in [6.07, 6.45) is 63.7. The second-order valence-corrected chi connectivity index (χ2v) is 34.6. The average Bonchev–Trinajstić information content (AvgIpc) is 0.915. The number of carbonyl (C=O) groups is 4. The van der Waals surface area contributed by atoms with E-state index >= 15 is 0 Å². The Hall–Kier alpha value is -1.94. The van der Waals surface area contributed by atoms with E-state index < -0.39 is 97.5 Å². The quantitative estimate of drug-likeness (QED) is 0.0222. The van der Waals surface area contributed by atoms with Gasteiger partial charge in [-0.1, -0.05) is 389 Å². The highest BCUT2D eigenvalue weighted by Gasteiger charge is 2.30. The molecule has 0 spiro atoms. The third kappa shape index (κ3) is 78.0. The Morgan fingerprint density at radius 3 is 0.660 bits per heavy atom. The molecule has 5 atom stereocenters. The molecule has 0 aliphatic rings. The molecule has 103 heavy (non-hydrogen) atoms. The lowest BCUT2D eigenvalue weighted by Crippen LogP contribution is -2.30. The summed E-state index contributed by atoms with van der Waals surface area (Å²) in [5.41, 5.74) is 0. The van der Waals surface area contributed by atoms with E-state index in [1.165, 1.54) is 250 Å². The Morgan fingerprint density at radius 2 is 0.447 bits per heavy atom. The Balaban J connectivity index is 5.25. The van der Waals surface area contributed by atoms with Crippen LogP contribution in [-0.4, -0.2) is 96.7 Å². The Labute approximate surface area is 632 Å². The first-order valence-corrected chi connectivity index (χ1v) is 46.3. The highest BCUT2D eigenvalue weighted by Crippen LogP contribution is 2.45. The minimum absolute atomic E-state index is 0.107.